The maximum absolute atomic E-state index is 13.7. The summed E-state index contributed by atoms with van der Waals surface area (Å²) in [6.07, 6.45) is 2.36. The zero-order valence-corrected chi connectivity index (χ0v) is 28.9. The van der Waals surface area contributed by atoms with E-state index in [-0.39, 0.29) is 54.7 Å². The van der Waals surface area contributed by atoms with E-state index in [2.05, 4.69) is 40.3 Å². The van der Waals surface area contributed by atoms with Crippen LogP contribution in [0.3, 0.4) is 0 Å². The number of hydrogen-bond acceptors (Lipinski definition) is 10. The molecular formula is C35H51N5O8. The quantitative estimate of drug-likeness (QED) is 0.114. The Bertz CT molecular complexity index is 1370. The molecule has 13 nitrogen and oxygen atoms in total. The second-order valence-electron chi connectivity index (χ2n) is 13.4. The Hall–Kier alpha value is -4.10. The van der Waals surface area contributed by atoms with Gasteiger partial charge in [0.1, 0.15) is 11.6 Å². The van der Waals surface area contributed by atoms with Crippen LogP contribution in [0.4, 0.5) is 0 Å². The zero-order chi connectivity index (χ0) is 35.3. The highest BCUT2D eigenvalue weighted by Gasteiger charge is 2.49. The van der Waals surface area contributed by atoms with Crippen molar-refractivity contribution in [2.45, 2.75) is 104 Å². The van der Waals surface area contributed by atoms with Gasteiger partial charge in [0.05, 0.1) is 31.3 Å². The Kier molecular flexibility index (Phi) is 14.7. The van der Waals surface area contributed by atoms with E-state index in [1.54, 1.807) is 13.8 Å². The number of Topliss-reactive ketones (excluding diaryl/α,β-unsaturated/α-hetero) is 1. The third-order valence-corrected chi connectivity index (χ3v) is 7.92. The molecule has 0 spiro atoms. The average Bonchev–Trinajstić information content (AvgIpc) is 3.65. The van der Waals surface area contributed by atoms with E-state index in [9.17, 15) is 24.0 Å². The maximum Gasteiger partial charge on any atom is 0.319 e. The Morgan fingerprint density at radius 1 is 0.958 bits per heavy atom. The summed E-state index contributed by atoms with van der Waals surface area (Å²) in [5.41, 5.74) is 0.479. The van der Waals surface area contributed by atoms with Gasteiger partial charge in [0.25, 0.3) is 0 Å². The zero-order valence-electron chi connectivity index (χ0n) is 28.9. The second kappa shape index (κ2) is 18.4. The molecular weight excluding hydrogens is 618 g/mol. The minimum absolute atomic E-state index is 0.0175. The first-order valence-corrected chi connectivity index (χ1v) is 16.8. The summed E-state index contributed by atoms with van der Waals surface area (Å²) in [6, 6.07) is 9.43. The standard InChI is InChI=1S/C35H51N5O8/c1-7-31(43)47-32-18-25(40-48-32)17-29(41)37-20-30(42)39-28(15-23(4)5)34(45)38-26(16-24-11-9-8-10-12-24)19-36-27(14-13-22(2)3)33(44)35(6)21-46-35/h8-12,18,22-23,26-28,36H,7,13-17,19-21H2,1-6H3,(H,37,41)(H,38,45)(H,39,42). The van der Waals surface area contributed by atoms with Gasteiger partial charge in [-0.1, -0.05) is 70.1 Å². The summed E-state index contributed by atoms with van der Waals surface area (Å²) in [6.45, 7) is 12.0. The third kappa shape index (κ3) is 13.2. The van der Waals surface area contributed by atoms with Crippen molar-refractivity contribution in [3.63, 3.8) is 0 Å². The normalized spacial score (nSPS) is 17.3. The smallest absolute Gasteiger partial charge is 0.319 e. The van der Waals surface area contributed by atoms with Gasteiger partial charge in [-0.15, -0.1) is 0 Å². The van der Waals surface area contributed by atoms with E-state index in [0.29, 0.717) is 38.3 Å². The van der Waals surface area contributed by atoms with Crippen LogP contribution in [0.25, 0.3) is 0 Å². The number of amides is 3. The highest BCUT2D eigenvalue weighted by atomic mass is 16.6. The summed E-state index contributed by atoms with van der Waals surface area (Å²) in [4.78, 5) is 63.7. The fourth-order valence-corrected chi connectivity index (χ4v) is 5.07. The van der Waals surface area contributed by atoms with Crippen molar-refractivity contribution >= 4 is 29.5 Å². The molecule has 0 aliphatic carbocycles. The van der Waals surface area contributed by atoms with Gasteiger partial charge in [-0.05, 0) is 50.0 Å². The predicted octanol–water partition coefficient (Wildman–Crippen LogP) is 2.66. The van der Waals surface area contributed by atoms with Crippen molar-refractivity contribution in [1.29, 1.82) is 0 Å². The number of rotatable bonds is 21. The lowest BCUT2D eigenvalue weighted by atomic mass is 9.93. The number of nitrogens with zero attached hydrogens (tertiary/aromatic N) is 1. The van der Waals surface area contributed by atoms with E-state index >= 15 is 0 Å². The first kappa shape index (κ1) is 38.3. The molecule has 0 bridgehead atoms. The number of nitrogens with one attached hydrogen (secondary N) is 4. The summed E-state index contributed by atoms with van der Waals surface area (Å²) in [7, 11) is 0. The van der Waals surface area contributed by atoms with E-state index in [1.807, 2.05) is 44.2 Å². The van der Waals surface area contributed by atoms with E-state index in [4.69, 9.17) is 14.0 Å². The first-order chi connectivity index (χ1) is 22.8. The molecule has 1 aromatic carbocycles. The summed E-state index contributed by atoms with van der Waals surface area (Å²) in [5.74, 6) is -1.48. The van der Waals surface area contributed by atoms with Gasteiger partial charge in [0, 0.05) is 25.1 Å². The molecule has 13 heteroatoms. The first-order valence-electron chi connectivity index (χ1n) is 16.8. The van der Waals surface area contributed by atoms with Crippen molar-refractivity contribution in [3.05, 3.63) is 47.7 Å². The Balaban J connectivity index is 1.62. The van der Waals surface area contributed by atoms with Crippen LogP contribution in [0.2, 0.25) is 0 Å². The largest absolute Gasteiger partial charge is 0.391 e. The average molecular weight is 670 g/mol. The molecule has 4 atom stereocenters. The molecule has 4 unspecified atom stereocenters. The molecule has 4 N–H and O–H groups in total. The fourth-order valence-electron chi connectivity index (χ4n) is 5.07. The van der Waals surface area contributed by atoms with Crippen molar-refractivity contribution in [3.8, 4) is 5.95 Å². The molecule has 2 aromatic rings. The number of ketones is 1. The van der Waals surface area contributed by atoms with E-state index in [1.165, 1.54) is 6.07 Å². The molecule has 0 radical (unpaired) electrons. The molecule has 3 amide bonds. The topological polar surface area (TPSA) is 181 Å². The lowest BCUT2D eigenvalue weighted by molar-refractivity contribution is -0.135. The van der Waals surface area contributed by atoms with Gasteiger partial charge in [-0.25, -0.2) is 0 Å². The number of ether oxygens (including phenoxy) is 2. The molecule has 1 aliphatic rings. The minimum Gasteiger partial charge on any atom is -0.391 e. The van der Waals surface area contributed by atoms with E-state index in [0.717, 1.165) is 12.0 Å². The third-order valence-electron chi connectivity index (χ3n) is 7.92. The number of carbonyl (C=O) groups is 5. The van der Waals surface area contributed by atoms with Crippen LogP contribution in [0.15, 0.2) is 40.9 Å². The fraction of sp³-hybridized carbons (Fsp3) is 0.600. The van der Waals surface area contributed by atoms with Crippen molar-refractivity contribution in [2.75, 3.05) is 19.7 Å². The lowest BCUT2D eigenvalue weighted by Gasteiger charge is -2.27. The number of benzene rings is 1. The molecule has 1 fully saturated rings. The lowest BCUT2D eigenvalue weighted by Crippen LogP contribution is -2.55. The number of hydrogen-bond donors (Lipinski definition) is 4. The van der Waals surface area contributed by atoms with Crippen molar-refractivity contribution in [1.82, 2.24) is 26.4 Å². The minimum atomic E-state index is -0.851. The highest BCUT2D eigenvalue weighted by Crippen LogP contribution is 2.29. The van der Waals surface area contributed by atoms with Crippen LogP contribution in [-0.2, 0) is 41.6 Å². The number of esters is 1. The van der Waals surface area contributed by atoms with Crippen LogP contribution in [0, 0.1) is 11.8 Å². The molecule has 1 saturated heterocycles. The van der Waals surface area contributed by atoms with Crippen LogP contribution in [-0.4, -0.2) is 78.1 Å². The molecule has 2 heterocycles. The molecule has 3 rings (SSSR count). The SMILES string of the molecule is CCC(=O)Oc1cc(CC(=O)NCC(=O)NC(CC(C)C)C(=O)NC(CNC(CCC(C)C)C(=O)C2(C)CO2)Cc2ccccc2)no1. The Morgan fingerprint density at radius 2 is 1.67 bits per heavy atom. The molecule has 1 aromatic heterocycles. The van der Waals surface area contributed by atoms with Crippen LogP contribution >= 0.6 is 0 Å². The van der Waals surface area contributed by atoms with E-state index < -0.39 is 35.5 Å². The second-order valence-corrected chi connectivity index (χ2v) is 13.4. The van der Waals surface area contributed by atoms with Gasteiger partial charge in [0.2, 0.25) is 17.7 Å². The summed E-state index contributed by atoms with van der Waals surface area (Å²) in [5, 5.41) is 15.5. The highest BCUT2D eigenvalue weighted by molar-refractivity contribution is 5.94. The summed E-state index contributed by atoms with van der Waals surface area (Å²) < 4.78 is 15.3. The Labute approximate surface area is 282 Å². The van der Waals surface area contributed by atoms with Crippen molar-refractivity contribution < 1.29 is 38.0 Å². The molecule has 0 saturated carbocycles. The predicted molar refractivity (Wildman–Crippen MR) is 178 cm³/mol. The Morgan fingerprint density at radius 3 is 2.29 bits per heavy atom. The summed E-state index contributed by atoms with van der Waals surface area (Å²) >= 11 is 0. The van der Waals surface area contributed by atoms with Gasteiger partial charge >= 0.3 is 11.9 Å². The van der Waals surface area contributed by atoms with Crippen LogP contribution in [0.5, 0.6) is 5.95 Å². The van der Waals surface area contributed by atoms with Gasteiger partial charge in [-0.3, -0.25) is 24.0 Å². The van der Waals surface area contributed by atoms with Crippen LogP contribution < -0.4 is 26.0 Å². The molecule has 1 aliphatic heterocycles. The van der Waals surface area contributed by atoms with Gasteiger partial charge < -0.3 is 35.3 Å². The number of aromatic nitrogens is 1. The van der Waals surface area contributed by atoms with Gasteiger partial charge in [0.15, 0.2) is 5.78 Å². The van der Waals surface area contributed by atoms with Crippen molar-refractivity contribution in [2.24, 2.45) is 11.8 Å². The molecule has 264 valence electrons. The number of carbonyl (C=O) groups excluding carboxylic acids is 5. The van der Waals surface area contributed by atoms with Gasteiger partial charge in [-0.2, -0.15) is 0 Å². The molecule has 48 heavy (non-hydrogen) atoms. The maximum atomic E-state index is 13.7. The monoisotopic (exact) mass is 669 g/mol. The number of epoxide rings is 1. The van der Waals surface area contributed by atoms with Crippen LogP contribution in [0.1, 0.15) is 78.5 Å².